The monoisotopic (exact) mass is 413 g/mol. The highest BCUT2D eigenvalue weighted by Crippen LogP contribution is 2.21. The molecule has 7 nitrogen and oxygen atoms in total. The van der Waals surface area contributed by atoms with E-state index < -0.39 is 22.6 Å². The number of halogens is 2. The van der Waals surface area contributed by atoms with E-state index in [2.05, 4.69) is 10.6 Å². The first kappa shape index (κ1) is 20.0. The molecule has 0 aliphatic carbocycles. The lowest BCUT2D eigenvalue weighted by Crippen LogP contribution is -2.15. The third kappa shape index (κ3) is 4.94. The predicted molar refractivity (Wildman–Crippen MR) is 107 cm³/mol. The molecule has 0 aliphatic heterocycles. The van der Waals surface area contributed by atoms with Gasteiger partial charge in [0, 0.05) is 34.6 Å². The predicted octanol–water partition coefficient (Wildman–Crippen LogP) is 4.89. The van der Waals surface area contributed by atoms with Crippen LogP contribution in [0.25, 0.3) is 0 Å². The van der Waals surface area contributed by atoms with E-state index in [-0.39, 0.29) is 21.8 Å². The van der Waals surface area contributed by atoms with Crippen molar-refractivity contribution in [2.45, 2.75) is 0 Å². The number of non-ortho nitro benzene ring substituents is 1. The Morgan fingerprint density at radius 2 is 1.45 bits per heavy atom. The van der Waals surface area contributed by atoms with Gasteiger partial charge in [-0.15, -0.1) is 0 Å². The fraction of sp³-hybridized carbons (Fsp3) is 0. The number of carbonyl (C=O) groups excluding carboxylic acids is 2. The third-order valence-corrected chi connectivity index (χ3v) is 4.17. The number of anilines is 2. The van der Waals surface area contributed by atoms with Crippen molar-refractivity contribution in [2.24, 2.45) is 0 Å². The second kappa shape index (κ2) is 8.49. The Labute approximate surface area is 169 Å². The van der Waals surface area contributed by atoms with Crippen molar-refractivity contribution in [3.05, 3.63) is 98.8 Å². The van der Waals surface area contributed by atoms with Gasteiger partial charge in [-0.1, -0.05) is 23.7 Å². The summed E-state index contributed by atoms with van der Waals surface area (Å²) in [5.41, 5.74) is 0.778. The lowest BCUT2D eigenvalue weighted by atomic mass is 10.1. The molecule has 29 heavy (non-hydrogen) atoms. The van der Waals surface area contributed by atoms with Crippen LogP contribution in [0.1, 0.15) is 20.7 Å². The van der Waals surface area contributed by atoms with Crippen molar-refractivity contribution in [1.82, 2.24) is 0 Å². The van der Waals surface area contributed by atoms with Gasteiger partial charge in [-0.3, -0.25) is 19.7 Å². The molecule has 0 spiro atoms. The van der Waals surface area contributed by atoms with Gasteiger partial charge in [0.05, 0.1) is 9.95 Å². The Morgan fingerprint density at radius 1 is 0.862 bits per heavy atom. The third-order valence-electron chi connectivity index (χ3n) is 3.88. The van der Waals surface area contributed by atoms with Crippen molar-refractivity contribution in [3.63, 3.8) is 0 Å². The number of hydrogen-bond donors (Lipinski definition) is 2. The molecule has 0 saturated carbocycles. The maximum Gasteiger partial charge on any atom is 0.270 e. The molecule has 0 unspecified atom stereocenters. The Kier molecular flexibility index (Phi) is 5.85. The van der Waals surface area contributed by atoms with Crippen LogP contribution in [0.2, 0.25) is 5.02 Å². The summed E-state index contributed by atoms with van der Waals surface area (Å²) in [6, 6.07) is 15.2. The molecule has 0 aromatic heterocycles. The van der Waals surface area contributed by atoms with E-state index in [0.717, 1.165) is 12.1 Å². The smallest absolute Gasteiger partial charge is 0.270 e. The Balaban J connectivity index is 1.74. The molecule has 0 fully saturated rings. The zero-order chi connectivity index (χ0) is 21.0. The number of rotatable bonds is 5. The molecule has 9 heteroatoms. The van der Waals surface area contributed by atoms with E-state index in [9.17, 15) is 24.1 Å². The molecule has 0 bridgehead atoms. The summed E-state index contributed by atoms with van der Waals surface area (Å²) >= 11 is 5.70. The van der Waals surface area contributed by atoms with E-state index in [1.54, 1.807) is 12.1 Å². The van der Waals surface area contributed by atoms with E-state index in [1.165, 1.54) is 42.5 Å². The molecule has 2 amide bonds. The van der Waals surface area contributed by atoms with Crippen LogP contribution in [0.3, 0.4) is 0 Å². The Bertz CT molecular complexity index is 1120. The minimum Gasteiger partial charge on any atom is -0.322 e. The van der Waals surface area contributed by atoms with Gasteiger partial charge in [0.1, 0.15) is 5.82 Å². The van der Waals surface area contributed by atoms with Crippen molar-refractivity contribution in [1.29, 1.82) is 0 Å². The summed E-state index contributed by atoms with van der Waals surface area (Å²) in [6.07, 6.45) is 0. The molecular weight excluding hydrogens is 401 g/mol. The van der Waals surface area contributed by atoms with Crippen molar-refractivity contribution in [2.75, 3.05) is 10.6 Å². The number of nitro benzene ring substituents is 1. The average Bonchev–Trinajstić information content (AvgIpc) is 2.71. The van der Waals surface area contributed by atoms with Crippen LogP contribution < -0.4 is 10.6 Å². The first-order chi connectivity index (χ1) is 13.8. The van der Waals surface area contributed by atoms with Gasteiger partial charge in [0.25, 0.3) is 17.5 Å². The van der Waals surface area contributed by atoms with Crippen LogP contribution in [-0.2, 0) is 0 Å². The zero-order valence-corrected chi connectivity index (χ0v) is 15.4. The van der Waals surface area contributed by atoms with Gasteiger partial charge in [0.2, 0.25) is 0 Å². The highest BCUT2D eigenvalue weighted by Gasteiger charge is 2.13. The molecule has 3 aromatic carbocycles. The van der Waals surface area contributed by atoms with Gasteiger partial charge in [-0.2, -0.15) is 0 Å². The summed E-state index contributed by atoms with van der Waals surface area (Å²) in [5, 5.41) is 15.9. The van der Waals surface area contributed by atoms with E-state index in [0.29, 0.717) is 11.4 Å². The largest absolute Gasteiger partial charge is 0.322 e. The molecule has 3 aromatic rings. The first-order valence-corrected chi connectivity index (χ1v) is 8.63. The second-order valence-electron chi connectivity index (χ2n) is 5.93. The van der Waals surface area contributed by atoms with Gasteiger partial charge in [-0.25, -0.2) is 4.39 Å². The summed E-state index contributed by atoms with van der Waals surface area (Å²) in [7, 11) is 0. The van der Waals surface area contributed by atoms with Gasteiger partial charge in [-0.05, 0) is 42.5 Å². The number of amides is 2. The number of nitrogens with zero attached hydrogens (tertiary/aromatic N) is 1. The van der Waals surface area contributed by atoms with Crippen molar-refractivity contribution < 1.29 is 18.9 Å². The molecule has 146 valence electrons. The molecule has 0 radical (unpaired) electrons. The van der Waals surface area contributed by atoms with Gasteiger partial charge >= 0.3 is 0 Å². The lowest BCUT2D eigenvalue weighted by Gasteiger charge is -2.09. The highest BCUT2D eigenvalue weighted by atomic mass is 35.5. The molecule has 0 saturated heterocycles. The molecule has 2 N–H and O–H groups in total. The SMILES string of the molecule is O=C(Nc1ccc(F)c(Cl)c1)c1cccc(NC(=O)c2cccc([N+](=O)[O-])c2)c1. The summed E-state index contributed by atoms with van der Waals surface area (Å²) in [5.74, 6) is -1.65. The average molecular weight is 414 g/mol. The quantitative estimate of drug-likeness (QED) is 0.459. The lowest BCUT2D eigenvalue weighted by molar-refractivity contribution is -0.384. The van der Waals surface area contributed by atoms with E-state index in [4.69, 9.17) is 11.6 Å². The van der Waals surface area contributed by atoms with Crippen LogP contribution in [-0.4, -0.2) is 16.7 Å². The minimum absolute atomic E-state index is 0.106. The van der Waals surface area contributed by atoms with Crippen LogP contribution in [0.5, 0.6) is 0 Å². The number of nitrogens with one attached hydrogen (secondary N) is 2. The topological polar surface area (TPSA) is 101 Å². The summed E-state index contributed by atoms with van der Waals surface area (Å²) in [6.45, 7) is 0. The molecule has 0 heterocycles. The standard InChI is InChI=1S/C20H13ClFN3O4/c21-17-11-15(7-8-18(17)22)24-19(26)12-3-1-5-14(9-12)23-20(27)13-4-2-6-16(10-13)25(28)29/h1-11H,(H,23,27)(H,24,26). The fourth-order valence-corrected chi connectivity index (χ4v) is 2.66. The zero-order valence-electron chi connectivity index (χ0n) is 14.7. The number of carbonyl (C=O) groups is 2. The van der Waals surface area contributed by atoms with Gasteiger partial charge < -0.3 is 10.6 Å². The van der Waals surface area contributed by atoms with Crippen LogP contribution in [0.4, 0.5) is 21.5 Å². The summed E-state index contributed by atoms with van der Waals surface area (Å²) in [4.78, 5) is 35.0. The maximum atomic E-state index is 13.2. The number of benzene rings is 3. The molecule has 0 atom stereocenters. The summed E-state index contributed by atoms with van der Waals surface area (Å²) < 4.78 is 13.2. The highest BCUT2D eigenvalue weighted by molar-refractivity contribution is 6.31. The van der Waals surface area contributed by atoms with Crippen LogP contribution in [0, 0.1) is 15.9 Å². The molecule has 0 aliphatic rings. The molecular formula is C20H13ClFN3O4. The number of hydrogen-bond acceptors (Lipinski definition) is 4. The van der Waals surface area contributed by atoms with Gasteiger partial charge in [0.15, 0.2) is 0 Å². The Morgan fingerprint density at radius 3 is 2.07 bits per heavy atom. The maximum absolute atomic E-state index is 13.2. The van der Waals surface area contributed by atoms with Crippen molar-refractivity contribution >= 4 is 40.5 Å². The van der Waals surface area contributed by atoms with E-state index in [1.807, 2.05) is 0 Å². The van der Waals surface area contributed by atoms with Crippen LogP contribution in [0.15, 0.2) is 66.7 Å². The van der Waals surface area contributed by atoms with E-state index >= 15 is 0 Å². The van der Waals surface area contributed by atoms with Crippen molar-refractivity contribution in [3.8, 4) is 0 Å². The first-order valence-electron chi connectivity index (χ1n) is 8.26. The normalized spacial score (nSPS) is 10.3. The fourth-order valence-electron chi connectivity index (χ4n) is 2.48. The number of nitro groups is 1. The minimum atomic E-state index is -0.601. The Hall–Kier alpha value is -3.78. The second-order valence-corrected chi connectivity index (χ2v) is 6.33. The molecule has 3 rings (SSSR count). The van der Waals surface area contributed by atoms with Crippen LogP contribution >= 0.6 is 11.6 Å².